The van der Waals surface area contributed by atoms with Crippen LogP contribution in [0.25, 0.3) is 0 Å². The molecule has 4 saturated heterocycles. The lowest BCUT2D eigenvalue weighted by Crippen LogP contribution is -2.48. The lowest BCUT2D eigenvalue weighted by molar-refractivity contribution is -0.384. The van der Waals surface area contributed by atoms with E-state index in [2.05, 4.69) is 37.3 Å². The number of benzene rings is 2. The number of non-ortho nitro benzene ring substituents is 1. The molecule has 4 fully saturated rings. The van der Waals surface area contributed by atoms with Crippen molar-refractivity contribution in [2.45, 2.75) is 0 Å². The maximum Gasteiger partial charge on any atom is 0.269 e. The molecule has 4 aliphatic rings. The van der Waals surface area contributed by atoms with Gasteiger partial charge in [0.1, 0.15) is 7.36 Å². The zero-order valence-electron chi connectivity index (χ0n) is 23.4. The fourth-order valence-corrected chi connectivity index (χ4v) is 9.99. The molecule has 0 aliphatic carbocycles. The van der Waals surface area contributed by atoms with Crippen molar-refractivity contribution < 1.29 is 23.9 Å². The molecule has 0 atom stereocenters. The maximum absolute atomic E-state index is 11.4. The van der Waals surface area contributed by atoms with Gasteiger partial charge in [-0.2, -0.15) is 0 Å². The monoisotopic (exact) mass is 586 g/mol. The molecule has 0 unspecified atom stereocenters. The van der Waals surface area contributed by atoms with Crippen molar-refractivity contribution in [3.63, 3.8) is 0 Å². The molecule has 0 amide bonds. The van der Waals surface area contributed by atoms with Gasteiger partial charge >= 0.3 is 0 Å². The maximum atomic E-state index is 11.4. The van der Waals surface area contributed by atoms with Crippen LogP contribution in [0.15, 0.2) is 47.2 Å². The zero-order valence-corrected chi connectivity index (χ0v) is 24.3. The van der Waals surface area contributed by atoms with Gasteiger partial charge in [0.15, 0.2) is 0 Å². The summed E-state index contributed by atoms with van der Waals surface area (Å²) in [5, 5.41) is 12.6. The van der Waals surface area contributed by atoms with Crippen molar-refractivity contribution in [3.8, 4) is 0 Å². The van der Waals surface area contributed by atoms with E-state index in [-0.39, 0.29) is 10.6 Å². The second-order valence-electron chi connectivity index (χ2n) is 10.4. The van der Waals surface area contributed by atoms with E-state index in [9.17, 15) is 10.1 Å². The third-order valence-corrected chi connectivity index (χ3v) is 12.0. The molecule has 2 aromatic rings. The third-order valence-electron chi connectivity index (χ3n) is 8.09. The Morgan fingerprint density at radius 1 is 0.659 bits per heavy atom. The van der Waals surface area contributed by atoms with Crippen LogP contribution in [0.1, 0.15) is 0 Å². The van der Waals surface area contributed by atoms with Gasteiger partial charge in [0, 0.05) is 75.5 Å². The highest BCUT2D eigenvalue weighted by Gasteiger charge is 2.41. The van der Waals surface area contributed by atoms with E-state index in [4.69, 9.17) is 23.7 Å². The number of nitrogens with zero attached hydrogens (tertiary/aromatic N) is 6. The van der Waals surface area contributed by atoms with Crippen LogP contribution in [0.4, 0.5) is 22.7 Å². The molecule has 222 valence electrons. The highest BCUT2D eigenvalue weighted by molar-refractivity contribution is 7.70. The first kappa shape index (κ1) is 28.5. The number of rotatable bonds is 7. The molecule has 2 aromatic carbocycles. The molecule has 0 spiro atoms. The Hall–Kier alpha value is -2.57. The van der Waals surface area contributed by atoms with E-state index in [0.29, 0.717) is 39.6 Å². The Balaban J connectivity index is 1.56. The fraction of sp³-hybridized carbons (Fsp3) is 0.571. The molecule has 0 N–H and O–H groups in total. The van der Waals surface area contributed by atoms with Crippen LogP contribution < -0.4 is 15.1 Å². The topological polar surface area (TPSA) is 105 Å². The third kappa shape index (κ3) is 6.15. The van der Waals surface area contributed by atoms with E-state index in [1.54, 1.807) is 24.3 Å². The number of nitro groups is 1. The Bertz CT molecular complexity index is 1220. The molecule has 12 nitrogen and oxygen atoms in total. The van der Waals surface area contributed by atoms with Gasteiger partial charge in [-0.1, -0.05) is 0 Å². The number of nitro benzene ring substituents is 1. The molecule has 4 heterocycles. The molecular formula is C28H39N6O6P. The van der Waals surface area contributed by atoms with Crippen molar-refractivity contribution in [1.82, 2.24) is 9.34 Å². The second kappa shape index (κ2) is 13.2. The van der Waals surface area contributed by atoms with E-state index >= 15 is 0 Å². The Morgan fingerprint density at radius 3 is 1.66 bits per heavy atom. The lowest BCUT2D eigenvalue weighted by Gasteiger charge is -2.48. The second-order valence-corrected chi connectivity index (χ2v) is 13.4. The predicted molar refractivity (Wildman–Crippen MR) is 159 cm³/mol. The summed E-state index contributed by atoms with van der Waals surface area (Å²) in [4.78, 5) is 15.9. The number of hydrogen-bond donors (Lipinski definition) is 0. The summed E-state index contributed by atoms with van der Waals surface area (Å²) in [5.74, 6) is 0. The molecule has 41 heavy (non-hydrogen) atoms. The average molecular weight is 587 g/mol. The lowest BCUT2D eigenvalue weighted by atomic mass is 10.2. The van der Waals surface area contributed by atoms with Crippen LogP contribution in [0, 0.1) is 10.1 Å². The molecule has 0 radical (unpaired) electrons. The van der Waals surface area contributed by atoms with Crippen LogP contribution in [-0.2, 0) is 18.9 Å². The van der Waals surface area contributed by atoms with Crippen LogP contribution in [0.2, 0.25) is 0 Å². The van der Waals surface area contributed by atoms with Crippen LogP contribution in [-0.4, -0.2) is 119 Å². The van der Waals surface area contributed by atoms with E-state index < -0.39 is 7.36 Å². The zero-order chi connectivity index (χ0) is 28.1. The molecule has 13 heteroatoms. The summed E-state index contributed by atoms with van der Waals surface area (Å²) in [5.41, 5.74) is 3.19. The quantitative estimate of drug-likeness (QED) is 0.273. The summed E-state index contributed by atoms with van der Waals surface area (Å²) in [7, 11) is -2.59. The highest BCUT2D eigenvalue weighted by atomic mass is 31.2. The average Bonchev–Trinajstić information content (AvgIpc) is 3.05. The smallest absolute Gasteiger partial charge is 0.269 e. The van der Waals surface area contributed by atoms with Crippen molar-refractivity contribution >= 4 is 35.4 Å². The molecule has 0 saturated carbocycles. The largest absolute Gasteiger partial charge is 0.379 e. The molecule has 4 aliphatic heterocycles. The number of hydrogen-bond acceptors (Lipinski definition) is 9. The number of morpholine rings is 4. The molecule has 0 bridgehead atoms. The minimum atomic E-state index is -2.59. The summed E-state index contributed by atoms with van der Waals surface area (Å²) in [6.07, 6.45) is 0. The molecular weight excluding hydrogens is 547 g/mol. The first-order chi connectivity index (χ1) is 20.1. The SMILES string of the molecule is O=[N+]([O-])c1ccc(N=P(c2ccc(N3CCOCC3)cc2N2CCOCC2)(N2CCOCC2)N2CCOCC2)cc1. The number of ether oxygens (including phenoxy) is 4. The van der Waals surface area contributed by atoms with Crippen LogP contribution in [0.5, 0.6) is 0 Å². The first-order valence-electron chi connectivity index (χ1n) is 14.5. The van der Waals surface area contributed by atoms with Crippen LogP contribution >= 0.6 is 7.36 Å². The van der Waals surface area contributed by atoms with Gasteiger partial charge in [0.25, 0.3) is 5.69 Å². The Kier molecular flexibility index (Phi) is 9.16. The van der Waals surface area contributed by atoms with Gasteiger partial charge < -0.3 is 28.7 Å². The van der Waals surface area contributed by atoms with E-state index in [0.717, 1.165) is 71.3 Å². The van der Waals surface area contributed by atoms with E-state index in [1.807, 2.05) is 0 Å². The number of anilines is 2. The molecule has 0 aromatic heterocycles. The Morgan fingerprint density at radius 2 is 1.15 bits per heavy atom. The minimum Gasteiger partial charge on any atom is -0.379 e. The Labute approximate surface area is 241 Å². The van der Waals surface area contributed by atoms with Gasteiger partial charge in [-0.3, -0.25) is 10.1 Å². The summed E-state index contributed by atoms with van der Waals surface area (Å²) in [6, 6.07) is 13.5. The minimum absolute atomic E-state index is 0.0644. The fourth-order valence-electron chi connectivity index (χ4n) is 5.97. The predicted octanol–water partition coefficient (Wildman–Crippen LogP) is 2.92. The normalized spacial score (nSPS) is 21.6. The van der Waals surface area contributed by atoms with Gasteiger partial charge in [-0.05, 0) is 30.3 Å². The van der Waals surface area contributed by atoms with Crippen molar-refractivity contribution in [2.24, 2.45) is 4.74 Å². The van der Waals surface area contributed by atoms with Gasteiger partial charge in [-0.15, -0.1) is 0 Å². The van der Waals surface area contributed by atoms with Gasteiger partial charge in [-0.25, -0.2) is 14.1 Å². The van der Waals surface area contributed by atoms with Crippen molar-refractivity contribution in [2.75, 3.05) is 115 Å². The molecule has 6 rings (SSSR count). The summed E-state index contributed by atoms with van der Waals surface area (Å²) in [6.45, 7) is 11.8. The highest BCUT2D eigenvalue weighted by Crippen LogP contribution is 2.60. The standard InChI is InChI=1S/C28H39N6O6P/c35-34(36)25-3-1-24(2-4-25)29-41(32-11-19-39-20-12-32,33-13-21-40-22-14-33)28-6-5-26(30-7-15-37-16-8-30)23-27(28)31-9-17-38-18-10-31/h1-6,23H,7-22H2. The first-order valence-corrected chi connectivity index (χ1v) is 16.1. The van der Waals surface area contributed by atoms with Crippen molar-refractivity contribution in [1.29, 1.82) is 0 Å². The summed E-state index contributed by atoms with van der Waals surface area (Å²) >= 11 is 0. The van der Waals surface area contributed by atoms with Gasteiger partial charge in [0.2, 0.25) is 0 Å². The van der Waals surface area contributed by atoms with Crippen LogP contribution in [0.3, 0.4) is 0 Å². The van der Waals surface area contributed by atoms with E-state index in [1.165, 1.54) is 16.7 Å². The summed E-state index contributed by atoms with van der Waals surface area (Å²) < 4.78 is 33.7. The van der Waals surface area contributed by atoms with Crippen molar-refractivity contribution in [3.05, 3.63) is 52.6 Å². The van der Waals surface area contributed by atoms with Gasteiger partial charge in [0.05, 0.1) is 69.2 Å².